The van der Waals surface area contributed by atoms with Gasteiger partial charge in [-0.05, 0) is 33.4 Å². The Morgan fingerprint density at radius 3 is 3.11 bits per heavy atom. The van der Waals surface area contributed by atoms with Crippen molar-refractivity contribution < 1.29 is 4.74 Å². The topological polar surface area (TPSA) is 76.3 Å². The summed E-state index contributed by atoms with van der Waals surface area (Å²) in [6.45, 7) is 4.62. The van der Waals surface area contributed by atoms with Crippen LogP contribution in [0.2, 0.25) is 0 Å². The van der Waals surface area contributed by atoms with E-state index in [-0.39, 0.29) is 0 Å². The lowest BCUT2D eigenvalue weighted by molar-refractivity contribution is 0.260. The second-order valence-electron chi connectivity index (χ2n) is 4.62. The lowest BCUT2D eigenvalue weighted by Gasteiger charge is -2.30. The molecule has 2 rings (SSSR count). The first-order valence-electron chi connectivity index (χ1n) is 6.39. The quantitative estimate of drug-likeness (QED) is 0.830. The van der Waals surface area contributed by atoms with Crippen molar-refractivity contribution in [2.24, 2.45) is 0 Å². The van der Waals surface area contributed by atoms with Crippen LogP contribution in [0.25, 0.3) is 0 Å². The van der Waals surface area contributed by atoms with Crippen LogP contribution in [0.15, 0.2) is 6.33 Å². The standard InChI is InChI=1S/C12H21N5O/c1-3-18-12-10(13)11(14-8-15-12)16-9-5-4-6-17(2)7-9/h8-9H,3-7,13H2,1-2H3,(H,14,15,16). The van der Waals surface area contributed by atoms with E-state index in [0.29, 0.717) is 30.0 Å². The van der Waals surface area contributed by atoms with Crippen molar-refractivity contribution in [2.75, 3.05) is 37.8 Å². The van der Waals surface area contributed by atoms with Gasteiger partial charge >= 0.3 is 0 Å². The number of nitrogens with two attached hydrogens (primary N) is 1. The molecule has 1 unspecified atom stereocenters. The molecule has 18 heavy (non-hydrogen) atoms. The van der Waals surface area contributed by atoms with E-state index < -0.39 is 0 Å². The third-order valence-electron chi connectivity index (χ3n) is 3.09. The molecular formula is C12H21N5O. The van der Waals surface area contributed by atoms with E-state index in [1.54, 1.807) is 0 Å². The lowest BCUT2D eigenvalue weighted by Crippen LogP contribution is -2.40. The smallest absolute Gasteiger partial charge is 0.242 e. The Balaban J connectivity index is 2.06. The first-order valence-corrected chi connectivity index (χ1v) is 6.39. The maximum Gasteiger partial charge on any atom is 0.242 e. The molecule has 0 radical (unpaired) electrons. The molecule has 100 valence electrons. The molecule has 1 aromatic rings. The summed E-state index contributed by atoms with van der Waals surface area (Å²) in [5, 5.41) is 3.38. The molecule has 0 aliphatic carbocycles. The summed E-state index contributed by atoms with van der Waals surface area (Å²) in [5.41, 5.74) is 6.49. The average molecular weight is 251 g/mol. The van der Waals surface area contributed by atoms with Crippen molar-refractivity contribution in [1.29, 1.82) is 0 Å². The first-order chi connectivity index (χ1) is 8.70. The van der Waals surface area contributed by atoms with Gasteiger partial charge in [0.15, 0.2) is 5.82 Å². The molecule has 1 aliphatic rings. The fourth-order valence-corrected chi connectivity index (χ4v) is 2.22. The van der Waals surface area contributed by atoms with Crippen LogP contribution in [0.5, 0.6) is 5.88 Å². The molecule has 1 atom stereocenters. The zero-order valence-corrected chi connectivity index (χ0v) is 11.0. The highest BCUT2D eigenvalue weighted by molar-refractivity contribution is 5.66. The summed E-state index contributed by atoms with van der Waals surface area (Å²) in [7, 11) is 2.13. The van der Waals surface area contributed by atoms with Gasteiger partial charge in [0.1, 0.15) is 12.0 Å². The van der Waals surface area contributed by atoms with Crippen molar-refractivity contribution in [1.82, 2.24) is 14.9 Å². The number of likely N-dealkylation sites (tertiary alicyclic amines) is 1. The Morgan fingerprint density at radius 1 is 1.56 bits per heavy atom. The number of nitrogen functional groups attached to an aromatic ring is 1. The molecule has 1 aromatic heterocycles. The van der Waals surface area contributed by atoms with Gasteiger partial charge in [0.2, 0.25) is 5.88 Å². The number of nitrogens with one attached hydrogen (secondary N) is 1. The predicted octanol–water partition coefficient (Wildman–Crippen LogP) is 0.964. The number of anilines is 2. The minimum absolute atomic E-state index is 0.385. The van der Waals surface area contributed by atoms with Crippen molar-refractivity contribution in [2.45, 2.75) is 25.8 Å². The molecule has 1 saturated heterocycles. The van der Waals surface area contributed by atoms with Crippen molar-refractivity contribution in [3.05, 3.63) is 6.33 Å². The number of rotatable bonds is 4. The van der Waals surface area contributed by atoms with E-state index in [1.165, 1.54) is 12.7 Å². The van der Waals surface area contributed by atoms with E-state index in [4.69, 9.17) is 10.5 Å². The van der Waals surface area contributed by atoms with Crippen LogP contribution in [0.3, 0.4) is 0 Å². The Morgan fingerprint density at radius 2 is 2.39 bits per heavy atom. The predicted molar refractivity (Wildman–Crippen MR) is 71.8 cm³/mol. The summed E-state index contributed by atoms with van der Waals surface area (Å²) in [4.78, 5) is 10.5. The zero-order chi connectivity index (χ0) is 13.0. The van der Waals surface area contributed by atoms with Crippen LogP contribution < -0.4 is 15.8 Å². The Kier molecular flexibility index (Phi) is 4.19. The Hall–Kier alpha value is -1.56. The summed E-state index contributed by atoms with van der Waals surface area (Å²) in [6.07, 6.45) is 3.81. The Bertz CT molecular complexity index is 398. The lowest BCUT2D eigenvalue weighted by atomic mass is 10.1. The van der Waals surface area contributed by atoms with Gasteiger partial charge < -0.3 is 20.7 Å². The van der Waals surface area contributed by atoms with E-state index in [0.717, 1.165) is 19.5 Å². The number of hydrogen-bond donors (Lipinski definition) is 2. The second-order valence-corrected chi connectivity index (χ2v) is 4.62. The molecule has 0 amide bonds. The molecule has 2 heterocycles. The van der Waals surface area contributed by atoms with Crippen LogP contribution >= 0.6 is 0 Å². The zero-order valence-electron chi connectivity index (χ0n) is 11.0. The fourth-order valence-electron chi connectivity index (χ4n) is 2.22. The molecule has 1 fully saturated rings. The molecule has 6 heteroatoms. The monoisotopic (exact) mass is 251 g/mol. The molecule has 0 saturated carbocycles. The van der Waals surface area contributed by atoms with Gasteiger partial charge in [0.25, 0.3) is 0 Å². The van der Waals surface area contributed by atoms with Crippen LogP contribution in [0.4, 0.5) is 11.5 Å². The molecule has 0 bridgehead atoms. The highest BCUT2D eigenvalue weighted by Gasteiger charge is 2.19. The number of nitrogens with zero attached hydrogens (tertiary/aromatic N) is 3. The SMILES string of the molecule is CCOc1ncnc(NC2CCCN(C)C2)c1N. The Labute approximate surface area is 108 Å². The second kappa shape index (κ2) is 5.86. The van der Waals surface area contributed by atoms with Gasteiger partial charge in [-0.25, -0.2) is 4.98 Å². The van der Waals surface area contributed by atoms with Gasteiger partial charge in [-0.15, -0.1) is 0 Å². The number of likely N-dealkylation sites (N-methyl/N-ethyl adjacent to an activating group) is 1. The van der Waals surface area contributed by atoms with Crippen LogP contribution in [0, 0.1) is 0 Å². The highest BCUT2D eigenvalue weighted by atomic mass is 16.5. The van der Waals surface area contributed by atoms with E-state index in [2.05, 4.69) is 27.2 Å². The molecule has 0 aromatic carbocycles. The van der Waals surface area contributed by atoms with E-state index in [1.807, 2.05) is 6.92 Å². The number of hydrogen-bond acceptors (Lipinski definition) is 6. The first kappa shape index (κ1) is 12.9. The minimum Gasteiger partial charge on any atom is -0.476 e. The fraction of sp³-hybridized carbons (Fsp3) is 0.667. The third-order valence-corrected chi connectivity index (χ3v) is 3.09. The molecule has 1 aliphatic heterocycles. The number of piperidine rings is 1. The van der Waals surface area contributed by atoms with Gasteiger partial charge in [0, 0.05) is 12.6 Å². The average Bonchev–Trinajstić information content (AvgIpc) is 2.35. The number of aromatic nitrogens is 2. The van der Waals surface area contributed by atoms with Gasteiger partial charge in [-0.1, -0.05) is 0 Å². The molecule has 0 spiro atoms. The van der Waals surface area contributed by atoms with Gasteiger partial charge in [0.05, 0.1) is 6.61 Å². The van der Waals surface area contributed by atoms with Gasteiger partial charge in [-0.2, -0.15) is 4.98 Å². The van der Waals surface area contributed by atoms with Crippen molar-refractivity contribution in [3.8, 4) is 5.88 Å². The van der Waals surface area contributed by atoms with Crippen LogP contribution in [-0.2, 0) is 0 Å². The van der Waals surface area contributed by atoms with Crippen molar-refractivity contribution >= 4 is 11.5 Å². The van der Waals surface area contributed by atoms with Crippen LogP contribution in [-0.4, -0.2) is 47.7 Å². The van der Waals surface area contributed by atoms with E-state index in [9.17, 15) is 0 Å². The van der Waals surface area contributed by atoms with E-state index >= 15 is 0 Å². The van der Waals surface area contributed by atoms with Gasteiger partial charge in [-0.3, -0.25) is 0 Å². The summed E-state index contributed by atoms with van der Waals surface area (Å²) < 4.78 is 5.36. The highest BCUT2D eigenvalue weighted by Crippen LogP contribution is 2.26. The molecule has 3 N–H and O–H groups in total. The third kappa shape index (κ3) is 3.01. The summed E-state index contributed by atoms with van der Waals surface area (Å²) >= 11 is 0. The minimum atomic E-state index is 0.385. The number of ether oxygens (including phenoxy) is 1. The molecule has 6 nitrogen and oxygen atoms in total. The summed E-state index contributed by atoms with van der Waals surface area (Å²) in [6, 6.07) is 0.385. The normalized spacial score (nSPS) is 20.7. The van der Waals surface area contributed by atoms with Crippen LogP contribution in [0.1, 0.15) is 19.8 Å². The van der Waals surface area contributed by atoms with Crippen molar-refractivity contribution in [3.63, 3.8) is 0 Å². The maximum atomic E-state index is 6.00. The largest absolute Gasteiger partial charge is 0.476 e. The maximum absolute atomic E-state index is 6.00. The molecular weight excluding hydrogens is 230 g/mol. The summed E-state index contributed by atoms with van der Waals surface area (Å²) in [5.74, 6) is 1.13.